The van der Waals surface area contributed by atoms with Gasteiger partial charge in [0.05, 0.1) is 5.52 Å². The highest BCUT2D eigenvalue weighted by molar-refractivity contribution is 9.10. The molecular weight excluding hydrogens is 550 g/mol. The fourth-order valence-corrected chi connectivity index (χ4v) is 4.93. The fourth-order valence-electron chi connectivity index (χ4n) is 4.35. The molecule has 0 saturated heterocycles. The second-order valence-corrected chi connectivity index (χ2v) is 10.1. The van der Waals surface area contributed by atoms with Gasteiger partial charge in [-0.1, -0.05) is 27.5 Å². The van der Waals surface area contributed by atoms with E-state index >= 15 is 0 Å². The number of nitrogens with zero attached hydrogens (tertiary/aromatic N) is 1. The molecule has 2 N–H and O–H groups in total. The van der Waals surface area contributed by atoms with Crippen molar-refractivity contribution < 1.29 is 22.4 Å². The maximum Gasteiger partial charge on any atom is 0.433 e. The number of alkyl halides is 3. The fraction of sp³-hybridized carbons (Fsp3) is 0.360. The Morgan fingerprint density at radius 1 is 1.06 bits per heavy atom. The quantitative estimate of drug-likeness (QED) is 0.305. The third kappa shape index (κ3) is 6.64. The van der Waals surface area contributed by atoms with Gasteiger partial charge in [0.15, 0.2) is 0 Å². The number of hydrogen-bond donors (Lipinski definition) is 2. The average molecular weight is 573 g/mol. The Kier molecular flexibility index (Phi) is 7.86. The first-order valence-corrected chi connectivity index (χ1v) is 12.4. The van der Waals surface area contributed by atoms with Crippen molar-refractivity contribution in [3.63, 3.8) is 0 Å². The molecule has 1 fully saturated rings. The predicted octanol–water partition coefficient (Wildman–Crippen LogP) is 7.28. The number of carbonyl (C=O) groups excluding carboxylic acids is 1. The first-order valence-electron chi connectivity index (χ1n) is 11.3. The van der Waals surface area contributed by atoms with Crippen LogP contribution in [0.1, 0.15) is 43.4 Å². The normalized spacial score (nSPS) is 18.5. The second kappa shape index (κ2) is 10.7. The highest BCUT2D eigenvalue weighted by Gasteiger charge is 2.34. The summed E-state index contributed by atoms with van der Waals surface area (Å²) in [5, 5.41) is 7.18. The van der Waals surface area contributed by atoms with Crippen molar-refractivity contribution in [2.75, 3.05) is 5.32 Å². The van der Waals surface area contributed by atoms with Gasteiger partial charge in [0, 0.05) is 39.1 Å². The minimum absolute atomic E-state index is 0.0257. The van der Waals surface area contributed by atoms with Crippen LogP contribution in [0.15, 0.2) is 46.9 Å². The summed E-state index contributed by atoms with van der Waals surface area (Å²) in [5.74, 6) is -0.489. The molecule has 0 bridgehead atoms. The Labute approximate surface area is 213 Å². The number of pyridine rings is 1. The molecule has 4 rings (SSSR count). The molecule has 0 radical (unpaired) electrons. The topological polar surface area (TPSA) is 54.0 Å². The van der Waals surface area contributed by atoms with E-state index in [9.17, 15) is 22.4 Å². The SMILES string of the molecule is O=C(CCc1cc(Br)ccc1F)NC1CCC(Nc2cc(C(F)(F)F)nc3ccc(Cl)cc23)CC1. The molecule has 10 heteroatoms. The van der Waals surface area contributed by atoms with Gasteiger partial charge in [-0.05, 0) is 80.1 Å². The van der Waals surface area contributed by atoms with Gasteiger partial charge in [0.25, 0.3) is 0 Å². The van der Waals surface area contributed by atoms with Gasteiger partial charge in [-0.3, -0.25) is 4.79 Å². The van der Waals surface area contributed by atoms with Crippen LogP contribution in [0.4, 0.5) is 23.2 Å². The first kappa shape index (κ1) is 25.7. The molecule has 0 unspecified atom stereocenters. The molecule has 1 heterocycles. The molecule has 0 spiro atoms. The maximum atomic E-state index is 13.9. The number of carbonyl (C=O) groups is 1. The molecule has 1 aromatic heterocycles. The van der Waals surface area contributed by atoms with Crippen molar-refractivity contribution in [3.8, 4) is 0 Å². The largest absolute Gasteiger partial charge is 0.433 e. The van der Waals surface area contributed by atoms with Gasteiger partial charge in [0.2, 0.25) is 5.91 Å². The van der Waals surface area contributed by atoms with E-state index in [0.29, 0.717) is 53.8 Å². The predicted molar refractivity (Wildman–Crippen MR) is 132 cm³/mol. The monoisotopic (exact) mass is 571 g/mol. The molecule has 2 aromatic carbocycles. The molecule has 1 amide bonds. The summed E-state index contributed by atoms with van der Waals surface area (Å²) in [5.41, 5.74) is 0.0749. The van der Waals surface area contributed by atoms with Crippen molar-refractivity contribution >= 4 is 50.0 Å². The van der Waals surface area contributed by atoms with Crippen LogP contribution in [0.2, 0.25) is 5.02 Å². The van der Waals surface area contributed by atoms with Crippen LogP contribution in [0, 0.1) is 5.82 Å². The lowest BCUT2D eigenvalue weighted by molar-refractivity contribution is -0.140. The van der Waals surface area contributed by atoms with Crippen LogP contribution in [0.25, 0.3) is 10.9 Å². The lowest BCUT2D eigenvalue weighted by atomic mass is 9.90. The number of aromatic nitrogens is 1. The molecule has 4 nitrogen and oxygen atoms in total. The average Bonchev–Trinajstić information content (AvgIpc) is 2.80. The molecular formula is C25H23BrClF4N3O. The van der Waals surface area contributed by atoms with Crippen molar-refractivity contribution in [1.29, 1.82) is 0 Å². The molecule has 3 aromatic rings. The van der Waals surface area contributed by atoms with Crippen molar-refractivity contribution in [1.82, 2.24) is 10.3 Å². The summed E-state index contributed by atoms with van der Waals surface area (Å²) < 4.78 is 54.7. The van der Waals surface area contributed by atoms with Gasteiger partial charge >= 0.3 is 6.18 Å². The van der Waals surface area contributed by atoms with E-state index in [0.717, 1.165) is 10.5 Å². The molecule has 1 saturated carbocycles. The molecule has 186 valence electrons. The number of halogens is 6. The van der Waals surface area contributed by atoms with Gasteiger partial charge < -0.3 is 10.6 Å². The number of benzene rings is 2. The lowest BCUT2D eigenvalue weighted by Gasteiger charge is -2.31. The summed E-state index contributed by atoms with van der Waals surface area (Å²) in [7, 11) is 0. The number of hydrogen-bond acceptors (Lipinski definition) is 3. The van der Waals surface area contributed by atoms with Crippen LogP contribution in [0.3, 0.4) is 0 Å². The van der Waals surface area contributed by atoms with E-state index in [1.807, 2.05) is 0 Å². The Morgan fingerprint density at radius 3 is 2.49 bits per heavy atom. The smallest absolute Gasteiger partial charge is 0.382 e. The Hall–Kier alpha value is -2.39. The first-order chi connectivity index (χ1) is 16.6. The third-order valence-corrected chi connectivity index (χ3v) is 6.87. The summed E-state index contributed by atoms with van der Waals surface area (Å²) in [6, 6.07) is 10.2. The zero-order valence-electron chi connectivity index (χ0n) is 18.6. The van der Waals surface area contributed by atoms with Crippen LogP contribution in [-0.2, 0) is 17.4 Å². The lowest BCUT2D eigenvalue weighted by Crippen LogP contribution is -2.40. The molecule has 35 heavy (non-hydrogen) atoms. The minimum Gasteiger partial charge on any atom is -0.382 e. The standard InChI is InChI=1S/C25H23BrClF4N3O/c26-15-2-8-20(28)14(11-15)1-10-24(35)33-18-6-4-17(5-7-18)32-22-13-23(25(29,30)31)34-21-9-3-16(27)12-19(21)22/h2-3,8-9,11-13,17-18H,1,4-7,10H2,(H,32,34)(H,33,35). The Morgan fingerprint density at radius 2 is 1.77 bits per heavy atom. The number of nitrogens with one attached hydrogen (secondary N) is 2. The zero-order valence-corrected chi connectivity index (χ0v) is 20.9. The van der Waals surface area contributed by atoms with Gasteiger partial charge in [-0.2, -0.15) is 13.2 Å². The number of amides is 1. The van der Waals surface area contributed by atoms with E-state index in [1.165, 1.54) is 18.2 Å². The summed E-state index contributed by atoms with van der Waals surface area (Å²) in [6.45, 7) is 0. The highest BCUT2D eigenvalue weighted by Crippen LogP contribution is 2.35. The summed E-state index contributed by atoms with van der Waals surface area (Å²) in [4.78, 5) is 16.1. The highest BCUT2D eigenvalue weighted by atomic mass is 79.9. The van der Waals surface area contributed by atoms with Crippen LogP contribution < -0.4 is 10.6 Å². The number of rotatable bonds is 6. The minimum atomic E-state index is -4.56. The van der Waals surface area contributed by atoms with Crippen molar-refractivity contribution in [3.05, 3.63) is 69.0 Å². The van der Waals surface area contributed by atoms with E-state index in [2.05, 4.69) is 31.5 Å². The number of aryl methyl sites for hydroxylation is 1. The Bertz CT molecular complexity index is 1230. The third-order valence-electron chi connectivity index (χ3n) is 6.14. The van der Waals surface area contributed by atoms with Crippen LogP contribution in [-0.4, -0.2) is 23.0 Å². The molecule has 0 atom stereocenters. The van der Waals surface area contributed by atoms with E-state index in [4.69, 9.17) is 11.6 Å². The molecule has 1 aliphatic carbocycles. The van der Waals surface area contributed by atoms with Gasteiger partial charge in [0.1, 0.15) is 11.5 Å². The zero-order chi connectivity index (χ0) is 25.2. The van der Waals surface area contributed by atoms with Crippen molar-refractivity contribution in [2.24, 2.45) is 0 Å². The molecule has 0 aliphatic heterocycles. The Balaban J connectivity index is 1.35. The molecule has 1 aliphatic rings. The van der Waals surface area contributed by atoms with Crippen LogP contribution in [0.5, 0.6) is 0 Å². The second-order valence-electron chi connectivity index (χ2n) is 8.71. The van der Waals surface area contributed by atoms with E-state index in [1.54, 1.807) is 18.2 Å². The van der Waals surface area contributed by atoms with Gasteiger partial charge in [-0.15, -0.1) is 0 Å². The number of fused-ring (bicyclic) bond motifs is 1. The summed E-state index contributed by atoms with van der Waals surface area (Å²) in [6.07, 6.45) is -1.36. The van der Waals surface area contributed by atoms with E-state index in [-0.39, 0.29) is 35.7 Å². The maximum absolute atomic E-state index is 13.9. The van der Waals surface area contributed by atoms with Gasteiger partial charge in [-0.25, -0.2) is 9.37 Å². The van der Waals surface area contributed by atoms with Crippen LogP contribution >= 0.6 is 27.5 Å². The number of anilines is 1. The van der Waals surface area contributed by atoms with Crippen molar-refractivity contribution in [2.45, 2.75) is 56.8 Å². The van der Waals surface area contributed by atoms with E-state index < -0.39 is 11.9 Å². The summed E-state index contributed by atoms with van der Waals surface area (Å²) >= 11 is 9.37.